The number of aryl methyl sites for hydroxylation is 1. The molecule has 6 rings (SSSR count). The van der Waals surface area contributed by atoms with Gasteiger partial charge < -0.3 is 35.2 Å². The van der Waals surface area contributed by atoms with E-state index in [1.807, 2.05) is 24.3 Å². The monoisotopic (exact) mass is 753 g/mol. The fourth-order valence-electron chi connectivity index (χ4n) is 6.64. The molecule has 3 aromatic carbocycles. The maximum Gasteiger partial charge on any atom is 0.335 e. The van der Waals surface area contributed by atoms with Gasteiger partial charge in [0.05, 0.1) is 17.1 Å². The molecule has 2 amide bonds. The molecule has 1 saturated carbocycles. The van der Waals surface area contributed by atoms with E-state index in [4.69, 9.17) is 9.84 Å². The fraction of sp³-hybridized carbons (Fsp3) is 0.378. The van der Waals surface area contributed by atoms with Crippen molar-refractivity contribution in [1.82, 2.24) is 15.1 Å². The van der Waals surface area contributed by atoms with Gasteiger partial charge in [0.25, 0.3) is 11.8 Å². The van der Waals surface area contributed by atoms with E-state index in [0.29, 0.717) is 47.2 Å². The average molecular weight is 755 g/mol. The second-order valence-electron chi connectivity index (χ2n) is 13.0. The lowest BCUT2D eigenvalue weighted by Crippen LogP contribution is -2.64. The van der Waals surface area contributed by atoms with Crippen LogP contribution in [0.4, 0.5) is 8.78 Å². The van der Waals surface area contributed by atoms with Crippen molar-refractivity contribution >= 4 is 39.3 Å². The number of hydrogen-bond donors (Lipinski definition) is 4. The number of aliphatic hydroxyl groups is 2. The van der Waals surface area contributed by atoms with Gasteiger partial charge in [0, 0.05) is 48.9 Å². The van der Waals surface area contributed by atoms with Crippen LogP contribution in [-0.2, 0) is 27.3 Å². The highest BCUT2D eigenvalue weighted by molar-refractivity contribution is 9.10. The lowest BCUT2D eigenvalue weighted by atomic mass is 9.82. The van der Waals surface area contributed by atoms with E-state index in [2.05, 4.69) is 21.2 Å². The molecule has 1 saturated heterocycles. The van der Waals surface area contributed by atoms with E-state index in [0.717, 1.165) is 29.5 Å². The van der Waals surface area contributed by atoms with Gasteiger partial charge in [-0.05, 0) is 82.9 Å². The molecule has 0 radical (unpaired) electrons. The largest absolute Gasteiger partial charge is 0.492 e. The van der Waals surface area contributed by atoms with Crippen LogP contribution in [0, 0.1) is 11.6 Å². The first-order chi connectivity index (χ1) is 24.0. The molecule has 0 unspecified atom stereocenters. The zero-order valence-electron chi connectivity index (χ0n) is 27.1. The van der Waals surface area contributed by atoms with Crippen molar-refractivity contribution in [1.29, 1.82) is 0 Å². The van der Waals surface area contributed by atoms with Gasteiger partial charge in [-0.25, -0.2) is 13.6 Å². The van der Waals surface area contributed by atoms with E-state index < -0.39 is 35.9 Å². The Hall–Kier alpha value is -4.17. The molecule has 264 valence electrons. The van der Waals surface area contributed by atoms with Crippen molar-refractivity contribution in [3.05, 3.63) is 105 Å². The topological polar surface area (TPSA) is 140 Å². The lowest BCUT2D eigenvalue weighted by molar-refractivity contribution is -0.163. The number of carboxylic acid groups (broad SMARTS) is 1. The number of carbonyl (C=O) groups is 3. The minimum atomic E-state index is -2.29. The van der Waals surface area contributed by atoms with Crippen LogP contribution in [0.5, 0.6) is 5.75 Å². The highest BCUT2D eigenvalue weighted by Crippen LogP contribution is 2.38. The number of piperazine rings is 1. The molecule has 3 aliphatic rings. The minimum absolute atomic E-state index is 0.0407. The number of carboxylic acids is 1. The first-order valence-electron chi connectivity index (χ1n) is 16.6. The van der Waals surface area contributed by atoms with Crippen molar-refractivity contribution in [3.63, 3.8) is 0 Å². The summed E-state index contributed by atoms with van der Waals surface area (Å²) in [6.45, 7) is 0.545. The third kappa shape index (κ3) is 8.07. The Morgan fingerprint density at radius 1 is 1.00 bits per heavy atom. The number of nitrogens with one attached hydrogen (secondary N) is 1. The summed E-state index contributed by atoms with van der Waals surface area (Å²) in [4.78, 5) is 42.0. The van der Waals surface area contributed by atoms with Crippen LogP contribution in [0.3, 0.4) is 0 Å². The Bertz CT molecular complexity index is 1780. The predicted octanol–water partition coefficient (Wildman–Crippen LogP) is 4.06. The van der Waals surface area contributed by atoms with Gasteiger partial charge in [0.15, 0.2) is 12.2 Å². The third-order valence-electron chi connectivity index (χ3n) is 9.36. The number of aliphatic hydroxyl groups excluding tert-OH is 2. The predicted molar refractivity (Wildman–Crippen MR) is 183 cm³/mol. The Balaban J connectivity index is 1.25. The molecule has 4 atom stereocenters. The summed E-state index contributed by atoms with van der Waals surface area (Å²) in [5.74, 6) is -3.30. The number of benzene rings is 3. The molecule has 10 nitrogen and oxygen atoms in total. The second kappa shape index (κ2) is 15.4. The molecule has 0 aromatic heterocycles. The number of carbonyl (C=O) groups excluding carboxylic acids is 2. The van der Waals surface area contributed by atoms with E-state index in [1.54, 1.807) is 29.2 Å². The number of ether oxygens (including phenoxy) is 1. The van der Waals surface area contributed by atoms with Gasteiger partial charge in [-0.3, -0.25) is 9.59 Å². The van der Waals surface area contributed by atoms with Crippen LogP contribution in [0.1, 0.15) is 42.4 Å². The summed E-state index contributed by atoms with van der Waals surface area (Å²) in [5.41, 5.74) is 3.49. The number of amides is 2. The summed E-state index contributed by atoms with van der Waals surface area (Å²) in [6, 6.07) is 17.4. The summed E-state index contributed by atoms with van der Waals surface area (Å²) in [5, 5.41) is 32.8. The quantitative estimate of drug-likeness (QED) is 0.192. The average Bonchev–Trinajstić information content (AvgIpc) is 3.95. The van der Waals surface area contributed by atoms with E-state index in [-0.39, 0.29) is 43.4 Å². The Morgan fingerprint density at radius 2 is 1.74 bits per heavy atom. The standard InChI is InChI=1S/C37H38BrF2N3O7/c38-28-14-11-24(39)16-31(28)50-15-3-4-21-7-9-22(10-8-21)27-17-25-19-42(36(47)33(44)34(45)37(48)49)20-30(41-25)32(27)35(46)43(26-12-13-26)18-23-5-1-2-6-29(23)40/h1-2,5-11,14,16,25-26,30,33-34,41,44-45H,3-4,12-13,15,17-20H2,(H,48,49)/t25-,30-,33+,34+/m1/s1. The van der Waals surface area contributed by atoms with Gasteiger partial charge in [-0.15, -0.1) is 0 Å². The van der Waals surface area contributed by atoms with Gasteiger partial charge in [0.1, 0.15) is 17.4 Å². The lowest BCUT2D eigenvalue weighted by Gasteiger charge is -2.45. The first kappa shape index (κ1) is 35.6. The summed E-state index contributed by atoms with van der Waals surface area (Å²) < 4.78 is 34.8. The molecule has 2 aliphatic heterocycles. The van der Waals surface area contributed by atoms with Crippen LogP contribution in [0.25, 0.3) is 5.57 Å². The molecule has 2 fully saturated rings. The SMILES string of the molecule is O=C(O)[C@@H](O)[C@H](O)C(=O)N1C[C@H]2CC(c3ccc(CCCOc4cc(F)ccc4Br)cc3)=C(C(=O)N(Cc3ccccc3F)C3CC3)[C@@H](C1)N2. The minimum Gasteiger partial charge on any atom is -0.492 e. The number of rotatable bonds is 13. The van der Waals surface area contributed by atoms with E-state index in [1.165, 1.54) is 23.1 Å². The summed E-state index contributed by atoms with van der Waals surface area (Å²) in [7, 11) is 0. The number of aliphatic carboxylic acids is 1. The third-order valence-corrected chi connectivity index (χ3v) is 10.0. The van der Waals surface area contributed by atoms with Crippen molar-refractivity contribution in [2.75, 3.05) is 19.7 Å². The molecule has 0 spiro atoms. The molecule has 2 bridgehead atoms. The normalized spacial score (nSPS) is 19.9. The number of nitrogens with zero attached hydrogens (tertiary/aromatic N) is 2. The molecule has 4 N–H and O–H groups in total. The zero-order valence-corrected chi connectivity index (χ0v) is 28.7. The van der Waals surface area contributed by atoms with Crippen LogP contribution < -0.4 is 10.1 Å². The molecule has 1 aliphatic carbocycles. The van der Waals surface area contributed by atoms with Crippen molar-refractivity contribution in [3.8, 4) is 5.75 Å². The Kier molecular flexibility index (Phi) is 11.0. The maximum absolute atomic E-state index is 14.8. The summed E-state index contributed by atoms with van der Waals surface area (Å²) >= 11 is 3.37. The van der Waals surface area contributed by atoms with Crippen LogP contribution in [0.2, 0.25) is 0 Å². The molecular formula is C37H38BrF2N3O7. The van der Waals surface area contributed by atoms with Crippen molar-refractivity contribution in [2.45, 2.75) is 69.0 Å². The van der Waals surface area contributed by atoms with E-state index >= 15 is 0 Å². The van der Waals surface area contributed by atoms with Crippen molar-refractivity contribution in [2.24, 2.45) is 0 Å². The van der Waals surface area contributed by atoms with Gasteiger partial charge in [-0.2, -0.15) is 0 Å². The van der Waals surface area contributed by atoms with Gasteiger partial charge in [0.2, 0.25) is 0 Å². The molecular weight excluding hydrogens is 716 g/mol. The van der Waals surface area contributed by atoms with Crippen LogP contribution in [-0.4, -0.2) is 92.9 Å². The van der Waals surface area contributed by atoms with Crippen LogP contribution in [0.15, 0.2) is 76.8 Å². The van der Waals surface area contributed by atoms with Gasteiger partial charge >= 0.3 is 5.97 Å². The van der Waals surface area contributed by atoms with Crippen LogP contribution >= 0.6 is 15.9 Å². The number of fused-ring (bicyclic) bond motifs is 2. The maximum atomic E-state index is 14.8. The molecule has 2 heterocycles. The smallest absolute Gasteiger partial charge is 0.335 e. The Morgan fingerprint density at radius 3 is 2.44 bits per heavy atom. The second-order valence-corrected chi connectivity index (χ2v) is 13.8. The fourth-order valence-corrected chi connectivity index (χ4v) is 7.00. The first-order valence-corrected chi connectivity index (χ1v) is 17.4. The number of halogens is 3. The van der Waals surface area contributed by atoms with Gasteiger partial charge in [-0.1, -0.05) is 42.5 Å². The molecule has 3 aromatic rings. The van der Waals surface area contributed by atoms with Crippen molar-refractivity contribution < 1.29 is 43.2 Å². The molecule has 13 heteroatoms. The van der Waals surface area contributed by atoms with E-state index in [9.17, 15) is 33.4 Å². The molecule has 50 heavy (non-hydrogen) atoms. The zero-order chi connectivity index (χ0) is 35.5. The highest BCUT2D eigenvalue weighted by atomic mass is 79.9. The highest BCUT2D eigenvalue weighted by Gasteiger charge is 2.45. The Labute approximate surface area is 296 Å². The summed E-state index contributed by atoms with van der Waals surface area (Å²) in [6.07, 6.45) is -1.15. The number of hydrogen-bond acceptors (Lipinski definition) is 7.